The van der Waals surface area contributed by atoms with Crippen LogP contribution in [0.5, 0.6) is 5.75 Å². The second-order valence-electron chi connectivity index (χ2n) is 4.55. The van der Waals surface area contributed by atoms with Crippen LogP contribution in [-0.4, -0.2) is 16.5 Å². The summed E-state index contributed by atoms with van der Waals surface area (Å²) < 4.78 is 21.3. The molecule has 0 N–H and O–H groups in total. The van der Waals surface area contributed by atoms with E-state index in [2.05, 4.69) is 4.98 Å². The Kier molecular flexibility index (Phi) is 3.14. The maximum absolute atomic E-state index is 14.3. The molecule has 0 saturated heterocycles. The van der Waals surface area contributed by atoms with Crippen LogP contribution in [0.4, 0.5) is 4.39 Å². The van der Waals surface area contributed by atoms with Crippen molar-refractivity contribution in [2.75, 3.05) is 7.11 Å². The van der Waals surface area contributed by atoms with Gasteiger partial charge in [0.25, 0.3) is 0 Å². The van der Waals surface area contributed by atoms with Crippen molar-refractivity contribution in [1.82, 2.24) is 9.38 Å². The number of aromatic nitrogens is 2. The first kappa shape index (κ1) is 12.7. The van der Waals surface area contributed by atoms with Crippen LogP contribution in [0.15, 0.2) is 42.7 Å². The zero-order chi connectivity index (χ0) is 14.1. The quantitative estimate of drug-likeness (QED) is 0.725. The zero-order valence-corrected chi connectivity index (χ0v) is 11.4. The topological polar surface area (TPSA) is 26.5 Å². The third-order valence-electron chi connectivity index (χ3n) is 3.42. The zero-order valence-electron chi connectivity index (χ0n) is 11.4. The molecule has 0 spiro atoms. The Balaban J connectivity index is 2.20. The van der Waals surface area contributed by atoms with Gasteiger partial charge in [-0.2, -0.15) is 0 Å². The molecule has 2 aromatic heterocycles. The lowest BCUT2D eigenvalue weighted by Crippen LogP contribution is -1.97. The third kappa shape index (κ3) is 1.93. The molecule has 0 saturated carbocycles. The standard InChI is InChI=1S/C16H15FN2O/c1-3-11-12(7-8-14(20-2)16(11)17)13-10-19-9-5-4-6-15(19)18-13/h4-10H,3H2,1-2H3. The van der Waals surface area contributed by atoms with Crippen molar-refractivity contribution in [3.05, 3.63) is 54.1 Å². The van der Waals surface area contributed by atoms with Gasteiger partial charge < -0.3 is 9.14 Å². The number of hydrogen-bond acceptors (Lipinski definition) is 2. The average Bonchev–Trinajstić information content (AvgIpc) is 2.90. The van der Waals surface area contributed by atoms with Gasteiger partial charge in [0.2, 0.25) is 0 Å². The van der Waals surface area contributed by atoms with Crippen LogP contribution < -0.4 is 4.74 Å². The first-order valence-corrected chi connectivity index (χ1v) is 6.54. The van der Waals surface area contributed by atoms with Crippen molar-refractivity contribution in [3.8, 4) is 17.0 Å². The van der Waals surface area contributed by atoms with Gasteiger partial charge in [-0.25, -0.2) is 9.37 Å². The molecule has 4 heteroatoms. The highest BCUT2D eigenvalue weighted by molar-refractivity contribution is 5.67. The second-order valence-corrected chi connectivity index (χ2v) is 4.55. The van der Waals surface area contributed by atoms with Crippen molar-refractivity contribution in [2.45, 2.75) is 13.3 Å². The molecular weight excluding hydrogens is 255 g/mol. The molecule has 1 aromatic carbocycles. The van der Waals surface area contributed by atoms with E-state index in [9.17, 15) is 4.39 Å². The number of hydrogen-bond donors (Lipinski definition) is 0. The van der Waals surface area contributed by atoms with Gasteiger partial charge in [-0.3, -0.25) is 0 Å². The number of rotatable bonds is 3. The molecule has 0 radical (unpaired) electrons. The lowest BCUT2D eigenvalue weighted by molar-refractivity contribution is 0.384. The summed E-state index contributed by atoms with van der Waals surface area (Å²) in [7, 11) is 1.47. The molecule has 0 amide bonds. The van der Waals surface area contributed by atoms with E-state index in [1.165, 1.54) is 7.11 Å². The number of fused-ring (bicyclic) bond motifs is 1. The van der Waals surface area contributed by atoms with Crippen molar-refractivity contribution < 1.29 is 9.13 Å². The largest absolute Gasteiger partial charge is 0.494 e. The maximum atomic E-state index is 14.3. The van der Waals surface area contributed by atoms with Crippen LogP contribution in [0.2, 0.25) is 0 Å². The van der Waals surface area contributed by atoms with E-state index in [4.69, 9.17) is 4.74 Å². The summed E-state index contributed by atoms with van der Waals surface area (Å²) in [5.74, 6) is -0.0288. The van der Waals surface area contributed by atoms with E-state index >= 15 is 0 Å². The van der Waals surface area contributed by atoms with Gasteiger partial charge in [-0.15, -0.1) is 0 Å². The van der Waals surface area contributed by atoms with E-state index in [-0.39, 0.29) is 11.6 Å². The molecule has 102 valence electrons. The molecule has 0 fully saturated rings. The van der Waals surface area contributed by atoms with Gasteiger partial charge in [0.05, 0.1) is 12.8 Å². The Morgan fingerprint density at radius 1 is 1.25 bits per heavy atom. The number of pyridine rings is 1. The molecule has 0 aliphatic carbocycles. The van der Waals surface area contributed by atoms with Gasteiger partial charge in [0, 0.05) is 23.5 Å². The van der Waals surface area contributed by atoms with E-state index in [0.717, 1.165) is 16.9 Å². The monoisotopic (exact) mass is 270 g/mol. The van der Waals surface area contributed by atoms with Crippen molar-refractivity contribution >= 4 is 5.65 Å². The summed E-state index contributed by atoms with van der Waals surface area (Å²) in [4.78, 5) is 4.54. The molecule has 0 aliphatic heterocycles. The van der Waals surface area contributed by atoms with E-state index in [1.807, 2.05) is 48.0 Å². The Hall–Kier alpha value is -2.36. The highest BCUT2D eigenvalue weighted by atomic mass is 19.1. The highest BCUT2D eigenvalue weighted by Gasteiger charge is 2.15. The fourth-order valence-corrected chi connectivity index (χ4v) is 2.41. The van der Waals surface area contributed by atoms with Crippen LogP contribution in [0.1, 0.15) is 12.5 Å². The number of ether oxygens (including phenoxy) is 1. The van der Waals surface area contributed by atoms with Crippen LogP contribution in [0.3, 0.4) is 0 Å². The minimum absolute atomic E-state index is 0.273. The fourth-order valence-electron chi connectivity index (χ4n) is 2.41. The molecule has 3 aromatic rings. The van der Waals surface area contributed by atoms with Gasteiger partial charge in [-0.05, 0) is 30.7 Å². The Labute approximate surface area is 116 Å². The van der Waals surface area contributed by atoms with Crippen molar-refractivity contribution in [1.29, 1.82) is 0 Å². The first-order valence-electron chi connectivity index (χ1n) is 6.54. The fraction of sp³-hybridized carbons (Fsp3) is 0.188. The van der Waals surface area contributed by atoms with Gasteiger partial charge in [-0.1, -0.05) is 13.0 Å². The molecule has 0 bridgehead atoms. The molecule has 20 heavy (non-hydrogen) atoms. The smallest absolute Gasteiger partial charge is 0.168 e. The normalized spacial score (nSPS) is 10.9. The van der Waals surface area contributed by atoms with Crippen LogP contribution in [0, 0.1) is 5.82 Å². The number of nitrogens with zero attached hydrogens (tertiary/aromatic N) is 2. The summed E-state index contributed by atoms with van der Waals surface area (Å²) in [6, 6.07) is 9.31. The maximum Gasteiger partial charge on any atom is 0.168 e. The summed E-state index contributed by atoms with van der Waals surface area (Å²) in [6.45, 7) is 1.93. The van der Waals surface area contributed by atoms with Crippen LogP contribution >= 0.6 is 0 Å². The predicted octanol–water partition coefficient (Wildman–Crippen LogP) is 3.71. The summed E-state index contributed by atoms with van der Waals surface area (Å²) in [5.41, 5.74) is 3.07. The first-order chi connectivity index (χ1) is 9.74. The van der Waals surface area contributed by atoms with Gasteiger partial charge in [0.15, 0.2) is 11.6 Å². The van der Waals surface area contributed by atoms with Crippen molar-refractivity contribution in [3.63, 3.8) is 0 Å². The molecule has 3 rings (SSSR count). The van der Waals surface area contributed by atoms with E-state index < -0.39 is 0 Å². The minimum atomic E-state index is -0.301. The van der Waals surface area contributed by atoms with Crippen LogP contribution in [-0.2, 0) is 6.42 Å². The molecule has 3 nitrogen and oxygen atoms in total. The average molecular weight is 270 g/mol. The van der Waals surface area contributed by atoms with Gasteiger partial charge in [0.1, 0.15) is 5.65 Å². The molecule has 0 atom stereocenters. The van der Waals surface area contributed by atoms with E-state index in [1.54, 1.807) is 6.07 Å². The Morgan fingerprint density at radius 3 is 2.80 bits per heavy atom. The van der Waals surface area contributed by atoms with E-state index in [0.29, 0.717) is 12.0 Å². The Morgan fingerprint density at radius 2 is 2.10 bits per heavy atom. The lowest BCUT2D eigenvalue weighted by atomic mass is 10.0. The molecule has 0 unspecified atom stereocenters. The van der Waals surface area contributed by atoms with Crippen molar-refractivity contribution in [2.24, 2.45) is 0 Å². The number of imidazole rings is 1. The molecule has 0 aliphatic rings. The highest BCUT2D eigenvalue weighted by Crippen LogP contribution is 2.31. The Bertz CT molecular complexity index is 731. The summed E-state index contributed by atoms with van der Waals surface area (Å²) in [6.07, 6.45) is 4.43. The van der Waals surface area contributed by atoms with Crippen LogP contribution in [0.25, 0.3) is 16.9 Å². The minimum Gasteiger partial charge on any atom is -0.494 e. The molecular formula is C16H15FN2O. The number of halogens is 1. The molecule has 2 heterocycles. The SMILES string of the molecule is CCc1c(-c2cn3ccccc3n2)ccc(OC)c1F. The summed E-state index contributed by atoms with van der Waals surface area (Å²) in [5, 5.41) is 0. The predicted molar refractivity (Wildman–Crippen MR) is 76.5 cm³/mol. The third-order valence-corrected chi connectivity index (χ3v) is 3.42. The number of benzene rings is 1. The second kappa shape index (κ2) is 4.96. The lowest BCUT2D eigenvalue weighted by Gasteiger charge is -2.10. The van der Waals surface area contributed by atoms with Gasteiger partial charge >= 0.3 is 0 Å². The number of methoxy groups -OCH3 is 1. The summed E-state index contributed by atoms with van der Waals surface area (Å²) >= 11 is 0.